The van der Waals surface area contributed by atoms with Crippen LogP contribution in [0.2, 0.25) is 0 Å². The molecular formula is C56H109N2O6P. The predicted octanol–water partition coefficient (Wildman–Crippen LogP) is 16.0. The summed E-state index contributed by atoms with van der Waals surface area (Å²) in [5.41, 5.74) is 0. The van der Waals surface area contributed by atoms with Gasteiger partial charge in [0.2, 0.25) is 5.91 Å². The highest BCUT2D eigenvalue weighted by molar-refractivity contribution is 7.45. The fourth-order valence-electron chi connectivity index (χ4n) is 8.17. The number of phosphoric ester groups is 1. The smallest absolute Gasteiger partial charge is 0.268 e. The number of quaternary nitrogens is 1. The van der Waals surface area contributed by atoms with Crippen molar-refractivity contribution in [2.24, 2.45) is 0 Å². The summed E-state index contributed by atoms with van der Waals surface area (Å²) in [5, 5.41) is 13.5. The number of hydrogen-bond donors (Lipinski definition) is 2. The van der Waals surface area contributed by atoms with Crippen LogP contribution in [0.1, 0.15) is 264 Å². The molecule has 0 fully saturated rings. The lowest BCUT2D eigenvalue weighted by molar-refractivity contribution is -0.870. The lowest BCUT2D eigenvalue weighted by Crippen LogP contribution is -2.45. The highest BCUT2D eigenvalue weighted by atomic mass is 31.2. The van der Waals surface area contributed by atoms with Crippen molar-refractivity contribution in [1.82, 2.24) is 5.32 Å². The Bertz CT molecular complexity index is 1150. The number of aliphatic hydroxyl groups is 1. The van der Waals surface area contributed by atoms with Crippen LogP contribution < -0.4 is 10.2 Å². The van der Waals surface area contributed by atoms with E-state index in [0.717, 1.165) is 44.9 Å². The van der Waals surface area contributed by atoms with Crippen molar-refractivity contribution < 1.29 is 32.9 Å². The molecular weight excluding hydrogens is 828 g/mol. The maximum Gasteiger partial charge on any atom is 0.268 e. The van der Waals surface area contributed by atoms with Crippen LogP contribution in [0.3, 0.4) is 0 Å². The highest BCUT2D eigenvalue weighted by Gasteiger charge is 2.23. The van der Waals surface area contributed by atoms with Gasteiger partial charge in [-0.25, -0.2) is 0 Å². The Morgan fingerprint density at radius 3 is 1.31 bits per heavy atom. The van der Waals surface area contributed by atoms with Gasteiger partial charge in [0, 0.05) is 6.42 Å². The van der Waals surface area contributed by atoms with Crippen LogP contribution in [-0.2, 0) is 18.4 Å². The summed E-state index contributed by atoms with van der Waals surface area (Å²) >= 11 is 0. The zero-order valence-corrected chi connectivity index (χ0v) is 44.6. The van der Waals surface area contributed by atoms with Crippen LogP contribution in [0.15, 0.2) is 36.5 Å². The molecule has 8 nitrogen and oxygen atoms in total. The van der Waals surface area contributed by atoms with E-state index in [4.69, 9.17) is 9.05 Å². The number of carbonyl (C=O) groups excluding carboxylic acids is 1. The van der Waals surface area contributed by atoms with Gasteiger partial charge in [-0.15, -0.1) is 0 Å². The summed E-state index contributed by atoms with van der Waals surface area (Å²) in [6.45, 7) is 4.49. The van der Waals surface area contributed by atoms with E-state index in [2.05, 4.69) is 43.5 Å². The van der Waals surface area contributed by atoms with Gasteiger partial charge in [-0.05, 0) is 44.9 Å². The Hall–Kier alpha value is -1.28. The van der Waals surface area contributed by atoms with E-state index in [1.54, 1.807) is 6.08 Å². The van der Waals surface area contributed by atoms with Gasteiger partial charge in [-0.3, -0.25) is 9.36 Å². The van der Waals surface area contributed by atoms with Gasteiger partial charge >= 0.3 is 0 Å². The SMILES string of the molecule is CCCC/C=C/C(O)C(COP(=O)([O-])OCC[N+](C)(C)C)NC(=O)CCCCCCCCCCCCCCCCCCCCCCCCCCCCC/C=C\C/C=C\CCCCCCC. The molecule has 65 heavy (non-hydrogen) atoms. The van der Waals surface area contributed by atoms with Crippen LogP contribution in [-0.4, -0.2) is 68.5 Å². The Morgan fingerprint density at radius 2 is 0.908 bits per heavy atom. The second kappa shape index (κ2) is 47.8. The minimum Gasteiger partial charge on any atom is -0.756 e. The van der Waals surface area contributed by atoms with Gasteiger partial charge < -0.3 is 28.8 Å². The molecule has 9 heteroatoms. The first kappa shape index (κ1) is 63.7. The lowest BCUT2D eigenvalue weighted by Gasteiger charge is -2.29. The standard InChI is InChI=1S/C56H109N2O6P/c1-6-8-10-12-13-14-15-16-17-18-19-20-21-22-23-24-25-26-27-28-29-30-31-32-33-34-35-36-37-38-39-40-41-42-43-44-45-46-48-50-56(60)57-54(55(59)49-47-11-9-7-2)53-64-65(61,62)63-52-51-58(3,4)5/h15-16,18-19,47,49,54-55,59H,6-14,17,20-46,48,50-53H2,1-5H3,(H-,57,60,61,62)/b16-15-,19-18-,49-47+. The molecule has 0 bridgehead atoms. The average Bonchev–Trinajstić information content (AvgIpc) is 3.26. The monoisotopic (exact) mass is 937 g/mol. The van der Waals surface area contributed by atoms with Crippen LogP contribution >= 0.6 is 7.82 Å². The van der Waals surface area contributed by atoms with Gasteiger partial charge in [-0.1, -0.05) is 249 Å². The van der Waals surface area contributed by atoms with E-state index in [9.17, 15) is 19.4 Å². The summed E-state index contributed by atoms with van der Waals surface area (Å²) in [5.74, 6) is -0.203. The van der Waals surface area contributed by atoms with Crippen molar-refractivity contribution >= 4 is 13.7 Å². The molecule has 0 aromatic carbocycles. The van der Waals surface area contributed by atoms with Crippen LogP contribution in [0.5, 0.6) is 0 Å². The fraction of sp³-hybridized carbons (Fsp3) is 0.875. The quantitative estimate of drug-likeness (QED) is 0.0272. The van der Waals surface area contributed by atoms with E-state index in [-0.39, 0.29) is 19.1 Å². The molecule has 1 amide bonds. The molecule has 0 aromatic heterocycles. The normalized spacial score (nSPS) is 14.3. The Morgan fingerprint density at radius 1 is 0.538 bits per heavy atom. The number of rotatable bonds is 51. The Labute approximate surface area is 404 Å². The molecule has 384 valence electrons. The molecule has 0 radical (unpaired) electrons. The summed E-state index contributed by atoms with van der Waals surface area (Å²) in [4.78, 5) is 25.1. The van der Waals surface area contributed by atoms with Crippen LogP contribution in [0, 0.1) is 0 Å². The maximum atomic E-state index is 12.7. The van der Waals surface area contributed by atoms with Crippen molar-refractivity contribution in [2.75, 3.05) is 40.9 Å². The molecule has 0 aliphatic rings. The average molecular weight is 937 g/mol. The number of nitrogens with zero attached hydrogens (tertiary/aromatic N) is 1. The maximum absolute atomic E-state index is 12.7. The number of carbonyl (C=O) groups is 1. The molecule has 3 atom stereocenters. The molecule has 0 spiro atoms. The Kier molecular flexibility index (Phi) is 46.8. The molecule has 0 heterocycles. The topological polar surface area (TPSA) is 108 Å². The van der Waals surface area contributed by atoms with E-state index in [0.29, 0.717) is 17.4 Å². The van der Waals surface area contributed by atoms with Crippen molar-refractivity contribution in [1.29, 1.82) is 0 Å². The number of phosphoric acid groups is 1. The van der Waals surface area contributed by atoms with Gasteiger partial charge in [0.1, 0.15) is 13.2 Å². The highest BCUT2D eigenvalue weighted by Crippen LogP contribution is 2.38. The van der Waals surface area contributed by atoms with Crippen molar-refractivity contribution in [3.63, 3.8) is 0 Å². The van der Waals surface area contributed by atoms with Gasteiger partial charge in [-0.2, -0.15) is 0 Å². The summed E-state index contributed by atoms with van der Waals surface area (Å²) in [7, 11) is 1.26. The zero-order chi connectivity index (χ0) is 47.8. The van der Waals surface area contributed by atoms with E-state index >= 15 is 0 Å². The molecule has 2 N–H and O–H groups in total. The molecule has 3 unspecified atom stereocenters. The molecule has 0 aromatic rings. The van der Waals surface area contributed by atoms with Crippen molar-refractivity contribution in [3.05, 3.63) is 36.5 Å². The minimum absolute atomic E-state index is 0.000693. The first-order valence-corrected chi connectivity index (χ1v) is 29.3. The number of nitrogens with one attached hydrogen (secondary N) is 1. The molecule has 0 saturated heterocycles. The third-order valence-electron chi connectivity index (χ3n) is 12.6. The molecule has 0 aliphatic heterocycles. The number of likely N-dealkylation sites (N-methyl/N-ethyl adjacent to an activating group) is 1. The van der Waals surface area contributed by atoms with E-state index in [1.807, 2.05) is 27.2 Å². The van der Waals surface area contributed by atoms with Gasteiger partial charge in [0.15, 0.2) is 0 Å². The molecule has 0 saturated carbocycles. The van der Waals surface area contributed by atoms with Gasteiger partial charge in [0.05, 0.1) is 39.9 Å². The Balaban J connectivity index is 3.63. The first-order valence-electron chi connectivity index (χ1n) is 27.9. The lowest BCUT2D eigenvalue weighted by atomic mass is 10.0. The first-order chi connectivity index (χ1) is 31.5. The minimum atomic E-state index is -4.57. The largest absolute Gasteiger partial charge is 0.756 e. The second-order valence-corrected chi connectivity index (χ2v) is 21.7. The summed E-state index contributed by atoms with van der Waals surface area (Å²) < 4.78 is 23.0. The predicted molar refractivity (Wildman–Crippen MR) is 279 cm³/mol. The number of allylic oxidation sites excluding steroid dienone is 5. The third kappa shape index (κ3) is 50.4. The van der Waals surface area contributed by atoms with Crippen molar-refractivity contribution in [2.45, 2.75) is 276 Å². The number of hydrogen-bond acceptors (Lipinski definition) is 6. The fourth-order valence-corrected chi connectivity index (χ4v) is 8.89. The summed E-state index contributed by atoms with van der Waals surface area (Å²) in [6, 6.07) is -0.879. The van der Waals surface area contributed by atoms with Gasteiger partial charge in [0.25, 0.3) is 7.82 Å². The van der Waals surface area contributed by atoms with Crippen molar-refractivity contribution in [3.8, 4) is 0 Å². The number of unbranched alkanes of at least 4 members (excludes halogenated alkanes) is 34. The molecule has 0 aliphatic carbocycles. The second-order valence-electron chi connectivity index (χ2n) is 20.3. The number of amides is 1. The number of aliphatic hydroxyl groups excluding tert-OH is 1. The third-order valence-corrected chi connectivity index (χ3v) is 13.6. The summed E-state index contributed by atoms with van der Waals surface area (Å²) in [6.07, 6.45) is 61.9. The molecule has 0 rings (SSSR count). The van der Waals surface area contributed by atoms with E-state index < -0.39 is 20.0 Å². The van der Waals surface area contributed by atoms with Crippen LogP contribution in [0.25, 0.3) is 0 Å². The zero-order valence-electron chi connectivity index (χ0n) is 43.7. The van der Waals surface area contributed by atoms with E-state index in [1.165, 1.54) is 199 Å². The van der Waals surface area contributed by atoms with Crippen LogP contribution in [0.4, 0.5) is 0 Å².